The molecule has 17 heavy (non-hydrogen) atoms. The molecule has 1 aliphatic heterocycles. The maximum absolute atomic E-state index is 12.2. The fourth-order valence-electron chi connectivity index (χ4n) is 2.51. The largest absolute Gasteiger partial charge is 0.454 e. The Bertz CT molecular complexity index is 461. The summed E-state index contributed by atoms with van der Waals surface area (Å²) in [6.45, 7) is 2.34. The molecule has 0 N–H and O–H groups in total. The van der Waals surface area contributed by atoms with Gasteiger partial charge in [0.25, 0.3) is 0 Å². The number of ketones is 1. The van der Waals surface area contributed by atoms with Crippen molar-refractivity contribution < 1.29 is 14.3 Å². The van der Waals surface area contributed by atoms with Crippen LogP contribution in [-0.2, 0) is 10.2 Å². The highest BCUT2D eigenvalue weighted by Gasteiger charge is 2.50. The average molecular weight is 232 g/mol. The zero-order valence-electron chi connectivity index (χ0n) is 9.99. The highest BCUT2D eigenvalue weighted by atomic mass is 16.7. The Morgan fingerprint density at radius 2 is 2.06 bits per heavy atom. The van der Waals surface area contributed by atoms with Gasteiger partial charge in [0.15, 0.2) is 11.5 Å². The van der Waals surface area contributed by atoms with Gasteiger partial charge in [-0.3, -0.25) is 4.79 Å². The van der Waals surface area contributed by atoms with Crippen LogP contribution in [0.2, 0.25) is 0 Å². The summed E-state index contributed by atoms with van der Waals surface area (Å²) in [4.78, 5) is 12.2. The van der Waals surface area contributed by atoms with Gasteiger partial charge in [-0.2, -0.15) is 0 Å². The van der Waals surface area contributed by atoms with E-state index >= 15 is 0 Å². The molecule has 2 aliphatic rings. The van der Waals surface area contributed by atoms with Crippen LogP contribution in [0.3, 0.4) is 0 Å². The van der Waals surface area contributed by atoms with Crippen molar-refractivity contribution in [3.63, 3.8) is 0 Å². The molecule has 3 heteroatoms. The molecule has 1 aromatic carbocycles. The molecule has 0 aromatic heterocycles. The Balaban J connectivity index is 1.91. The van der Waals surface area contributed by atoms with Crippen molar-refractivity contribution in [1.29, 1.82) is 0 Å². The van der Waals surface area contributed by atoms with Gasteiger partial charge in [0.2, 0.25) is 6.79 Å². The Labute approximate surface area is 101 Å². The molecule has 1 aliphatic carbocycles. The molecule has 1 aromatic rings. The molecule has 0 amide bonds. The summed E-state index contributed by atoms with van der Waals surface area (Å²) >= 11 is 0. The molecular weight excluding hydrogens is 216 g/mol. The number of Topliss-reactive ketones (excluding diaryl/α,β-unsaturated/α-hetero) is 1. The molecule has 0 radical (unpaired) electrons. The zero-order chi connectivity index (χ0) is 11.9. The maximum Gasteiger partial charge on any atom is 0.231 e. The van der Waals surface area contributed by atoms with Gasteiger partial charge in [0, 0.05) is 6.42 Å². The van der Waals surface area contributed by atoms with E-state index in [4.69, 9.17) is 9.47 Å². The Kier molecular flexibility index (Phi) is 2.35. The smallest absolute Gasteiger partial charge is 0.231 e. The van der Waals surface area contributed by atoms with E-state index in [2.05, 4.69) is 0 Å². The molecule has 1 heterocycles. The van der Waals surface area contributed by atoms with Crippen LogP contribution < -0.4 is 9.47 Å². The minimum atomic E-state index is -0.211. The molecule has 3 nitrogen and oxygen atoms in total. The second-order valence-electron chi connectivity index (χ2n) is 4.82. The number of carbonyl (C=O) groups is 1. The number of rotatable bonds is 4. The van der Waals surface area contributed by atoms with Crippen molar-refractivity contribution in [3.8, 4) is 11.5 Å². The summed E-state index contributed by atoms with van der Waals surface area (Å²) in [6.07, 6.45) is 3.55. The fraction of sp³-hybridized carbons (Fsp3) is 0.500. The predicted molar refractivity (Wildman–Crippen MR) is 63.4 cm³/mol. The van der Waals surface area contributed by atoms with Crippen LogP contribution in [0.25, 0.3) is 0 Å². The zero-order valence-corrected chi connectivity index (χ0v) is 9.99. The molecule has 3 rings (SSSR count). The third kappa shape index (κ3) is 1.61. The number of hydrogen-bond acceptors (Lipinski definition) is 3. The molecule has 0 spiro atoms. The molecule has 0 bridgehead atoms. The van der Waals surface area contributed by atoms with Crippen LogP contribution in [-0.4, -0.2) is 12.6 Å². The highest BCUT2D eigenvalue weighted by molar-refractivity contribution is 5.93. The standard InChI is InChI=1S/C14H16O3/c1-2-3-13(15)14(6-7-14)10-4-5-11-12(8-10)17-9-16-11/h4-5,8H,2-3,6-7,9H2,1H3. The quantitative estimate of drug-likeness (QED) is 0.800. The summed E-state index contributed by atoms with van der Waals surface area (Å²) in [5.41, 5.74) is 0.886. The average Bonchev–Trinajstić information content (AvgIpc) is 3.02. The number of benzene rings is 1. The van der Waals surface area contributed by atoms with Crippen LogP contribution in [0.5, 0.6) is 11.5 Å². The number of hydrogen-bond donors (Lipinski definition) is 0. The number of ether oxygens (including phenoxy) is 2. The minimum Gasteiger partial charge on any atom is -0.454 e. The van der Waals surface area contributed by atoms with Gasteiger partial charge in [-0.15, -0.1) is 0 Å². The van der Waals surface area contributed by atoms with Crippen molar-refractivity contribution in [1.82, 2.24) is 0 Å². The van der Waals surface area contributed by atoms with E-state index in [1.54, 1.807) is 0 Å². The third-order valence-corrected chi connectivity index (χ3v) is 3.69. The van der Waals surface area contributed by atoms with Crippen molar-refractivity contribution >= 4 is 5.78 Å². The van der Waals surface area contributed by atoms with Crippen LogP contribution in [0.1, 0.15) is 38.2 Å². The van der Waals surface area contributed by atoms with Crippen molar-refractivity contribution in [3.05, 3.63) is 23.8 Å². The lowest BCUT2D eigenvalue weighted by Gasteiger charge is -2.14. The van der Waals surface area contributed by atoms with E-state index < -0.39 is 0 Å². The first-order valence-corrected chi connectivity index (χ1v) is 6.20. The first-order chi connectivity index (χ1) is 8.26. The van der Waals surface area contributed by atoms with E-state index in [1.807, 2.05) is 25.1 Å². The Morgan fingerprint density at radius 3 is 2.76 bits per heavy atom. The second-order valence-corrected chi connectivity index (χ2v) is 4.82. The first-order valence-electron chi connectivity index (χ1n) is 6.20. The van der Waals surface area contributed by atoms with E-state index in [1.165, 1.54) is 0 Å². The van der Waals surface area contributed by atoms with Crippen molar-refractivity contribution in [2.75, 3.05) is 6.79 Å². The lowest BCUT2D eigenvalue weighted by atomic mass is 9.89. The molecule has 0 saturated heterocycles. The number of carbonyl (C=O) groups excluding carboxylic acids is 1. The third-order valence-electron chi connectivity index (χ3n) is 3.69. The van der Waals surface area contributed by atoms with Crippen molar-refractivity contribution in [2.45, 2.75) is 38.0 Å². The van der Waals surface area contributed by atoms with Gasteiger partial charge in [-0.1, -0.05) is 13.0 Å². The SMILES string of the molecule is CCCC(=O)C1(c2ccc3c(c2)OCO3)CC1. The van der Waals surface area contributed by atoms with Gasteiger partial charge in [0.1, 0.15) is 5.78 Å². The van der Waals surface area contributed by atoms with Crippen LogP contribution in [0.15, 0.2) is 18.2 Å². The van der Waals surface area contributed by atoms with Gasteiger partial charge < -0.3 is 9.47 Å². The molecule has 1 saturated carbocycles. The summed E-state index contributed by atoms with van der Waals surface area (Å²) in [5.74, 6) is 1.93. The molecule has 1 fully saturated rings. The van der Waals surface area contributed by atoms with E-state index in [9.17, 15) is 4.79 Å². The lowest BCUT2D eigenvalue weighted by Crippen LogP contribution is -2.19. The van der Waals surface area contributed by atoms with Gasteiger partial charge in [0.05, 0.1) is 5.41 Å². The van der Waals surface area contributed by atoms with E-state index in [0.717, 1.165) is 36.3 Å². The monoisotopic (exact) mass is 232 g/mol. The summed E-state index contributed by atoms with van der Waals surface area (Å²) in [6, 6.07) is 5.90. The normalized spacial score (nSPS) is 19.1. The molecular formula is C14H16O3. The Morgan fingerprint density at radius 1 is 1.29 bits per heavy atom. The van der Waals surface area contributed by atoms with Crippen LogP contribution in [0.4, 0.5) is 0 Å². The van der Waals surface area contributed by atoms with Gasteiger partial charge >= 0.3 is 0 Å². The van der Waals surface area contributed by atoms with Crippen molar-refractivity contribution in [2.24, 2.45) is 0 Å². The first kappa shape index (κ1) is 10.6. The number of fused-ring (bicyclic) bond motifs is 1. The predicted octanol–water partition coefficient (Wildman–Crippen LogP) is 2.82. The van der Waals surface area contributed by atoms with Crippen LogP contribution in [0, 0.1) is 0 Å². The Hall–Kier alpha value is -1.51. The molecule has 90 valence electrons. The second kappa shape index (κ2) is 3.76. The molecule has 0 atom stereocenters. The van der Waals surface area contributed by atoms with E-state index in [-0.39, 0.29) is 12.2 Å². The lowest BCUT2D eigenvalue weighted by molar-refractivity contribution is -0.121. The summed E-state index contributed by atoms with van der Waals surface area (Å²) in [7, 11) is 0. The van der Waals surface area contributed by atoms with Gasteiger partial charge in [-0.25, -0.2) is 0 Å². The maximum atomic E-state index is 12.2. The van der Waals surface area contributed by atoms with Crippen LogP contribution >= 0.6 is 0 Å². The summed E-state index contributed by atoms with van der Waals surface area (Å²) in [5, 5.41) is 0. The highest BCUT2D eigenvalue weighted by Crippen LogP contribution is 2.51. The van der Waals surface area contributed by atoms with E-state index in [0.29, 0.717) is 12.2 Å². The minimum absolute atomic E-state index is 0.211. The van der Waals surface area contributed by atoms with Gasteiger partial charge in [-0.05, 0) is 37.0 Å². The fourth-order valence-corrected chi connectivity index (χ4v) is 2.51. The summed E-state index contributed by atoms with van der Waals surface area (Å²) < 4.78 is 10.7. The molecule has 0 unspecified atom stereocenters. The topological polar surface area (TPSA) is 35.5 Å².